The number of hydrogen-bond donors (Lipinski definition) is 4. The van der Waals surface area contributed by atoms with E-state index in [9.17, 15) is 24.9 Å². The van der Waals surface area contributed by atoms with E-state index in [1.54, 1.807) is 18.5 Å². The molecule has 0 radical (unpaired) electrons. The van der Waals surface area contributed by atoms with Crippen LogP contribution in [0.2, 0.25) is 0 Å². The van der Waals surface area contributed by atoms with Gasteiger partial charge in [0.1, 0.15) is 22.7 Å². The first kappa shape index (κ1) is 40.8. The van der Waals surface area contributed by atoms with Gasteiger partial charge in [0, 0.05) is 53.0 Å². The van der Waals surface area contributed by atoms with E-state index in [1.165, 1.54) is 0 Å². The number of aliphatic imine (C=N–C) groups is 2. The fraction of sp³-hybridized carbons (Fsp3) is 0.200. The van der Waals surface area contributed by atoms with Gasteiger partial charge in [0.2, 0.25) is 0 Å². The molecular formula is C50H45N5O5S. The number of carboxylic acid groups (broad SMARTS) is 2. The maximum atomic E-state index is 11.3. The van der Waals surface area contributed by atoms with Crippen LogP contribution < -0.4 is 5.32 Å². The maximum absolute atomic E-state index is 11.3. The van der Waals surface area contributed by atoms with Crippen LogP contribution in [0.4, 0.5) is 5.69 Å². The summed E-state index contributed by atoms with van der Waals surface area (Å²) in [6.07, 6.45) is 10.0. The molecule has 2 atom stereocenters. The minimum Gasteiger partial charge on any atom is -0.507 e. The van der Waals surface area contributed by atoms with Gasteiger partial charge in [0.05, 0.1) is 11.4 Å². The Balaban J connectivity index is 1.30. The third-order valence-electron chi connectivity index (χ3n) is 11.7. The van der Waals surface area contributed by atoms with Gasteiger partial charge in [-0.25, -0.2) is 4.98 Å². The molecule has 2 aliphatic rings. The van der Waals surface area contributed by atoms with Gasteiger partial charge in [-0.15, -0.1) is 0 Å². The number of fused-ring (bicyclic) bond motifs is 1. The van der Waals surface area contributed by atoms with Crippen LogP contribution in [-0.4, -0.2) is 54.4 Å². The number of benzene rings is 5. The first-order valence-corrected chi connectivity index (χ1v) is 20.8. The molecule has 0 bridgehead atoms. The molecule has 0 fully saturated rings. The van der Waals surface area contributed by atoms with Crippen LogP contribution in [0, 0.1) is 0 Å². The van der Waals surface area contributed by atoms with Crippen LogP contribution in [0.3, 0.4) is 0 Å². The van der Waals surface area contributed by atoms with Gasteiger partial charge >= 0.3 is 11.9 Å². The number of aliphatic carboxylic acids is 2. The third kappa shape index (κ3) is 8.04. The van der Waals surface area contributed by atoms with Crippen molar-refractivity contribution in [3.63, 3.8) is 0 Å². The molecule has 5 aromatic carbocycles. The molecule has 1 aromatic heterocycles. The lowest BCUT2D eigenvalue weighted by molar-refractivity contribution is -0.137. The Labute approximate surface area is 359 Å². The predicted molar refractivity (Wildman–Crippen MR) is 247 cm³/mol. The van der Waals surface area contributed by atoms with E-state index >= 15 is 0 Å². The standard InChI is InChI=1S/C50H45N5O5S/c1-3-49(28-32(30-51-49)14-26-43(57)58)36-20-16-34(17-21-36)45-46(35-18-22-37(23-19-35)50(4-2)29-33(31-52-50)15-27-44(59)60)55(48(61)53-38-10-6-5-7-11-38)47(54-45)41-24-25-42(56)40-13-9-8-12-39(40)41/h5-13,16-25,28-31,56H,3-4,14-15,26-27H2,1-2H3,(H,53,61)(H,57,58)(H,59,60). The summed E-state index contributed by atoms with van der Waals surface area (Å²) in [5, 5.41) is 34.9. The number of rotatable bonds is 14. The molecule has 0 spiro atoms. The first-order chi connectivity index (χ1) is 29.5. The van der Waals surface area contributed by atoms with Gasteiger partial charge in [-0.3, -0.25) is 24.1 Å². The highest BCUT2D eigenvalue weighted by atomic mass is 32.1. The van der Waals surface area contributed by atoms with Crippen molar-refractivity contribution in [1.29, 1.82) is 0 Å². The quantitative estimate of drug-likeness (QED) is 0.0793. The average molecular weight is 828 g/mol. The number of thiocarbonyl (C=S) groups is 1. The topological polar surface area (TPSA) is 149 Å². The largest absolute Gasteiger partial charge is 0.507 e. The van der Waals surface area contributed by atoms with Crippen LogP contribution >= 0.6 is 12.2 Å². The zero-order chi connectivity index (χ0) is 42.7. The van der Waals surface area contributed by atoms with E-state index in [-0.39, 0.29) is 18.6 Å². The molecule has 0 saturated carbocycles. The molecule has 306 valence electrons. The minimum absolute atomic E-state index is 0.0388. The lowest BCUT2D eigenvalue weighted by Gasteiger charge is -2.24. The summed E-state index contributed by atoms with van der Waals surface area (Å²) in [5.41, 5.74) is 7.24. The van der Waals surface area contributed by atoms with E-state index in [0.29, 0.717) is 47.7 Å². The number of anilines is 1. The van der Waals surface area contributed by atoms with Crippen molar-refractivity contribution in [2.75, 3.05) is 5.32 Å². The van der Waals surface area contributed by atoms with Crippen molar-refractivity contribution in [2.45, 2.75) is 63.5 Å². The Bertz CT molecular complexity index is 2790. The normalized spacial score (nSPS) is 18.0. The van der Waals surface area contributed by atoms with Crippen molar-refractivity contribution < 1.29 is 24.9 Å². The third-order valence-corrected chi connectivity index (χ3v) is 12.0. The SMILES string of the molecule is CCC1(c2ccc(-c3nc(-c4ccc(O)c5ccccc45)n(C(=S)Nc4ccccc4)c3-c3ccc(C4(CC)C=C(CCC(=O)O)C=N4)cc3)cc2)C=C(CCC(=O)O)C=N1. The van der Waals surface area contributed by atoms with Crippen LogP contribution in [0.25, 0.3) is 44.7 Å². The van der Waals surface area contributed by atoms with Crippen LogP contribution in [-0.2, 0) is 20.7 Å². The molecule has 11 heteroatoms. The van der Waals surface area contributed by atoms with Crippen molar-refractivity contribution in [2.24, 2.45) is 9.98 Å². The minimum atomic E-state index is -0.843. The molecule has 8 rings (SSSR count). The second kappa shape index (κ2) is 16.9. The van der Waals surface area contributed by atoms with Crippen LogP contribution in [0.5, 0.6) is 5.75 Å². The highest BCUT2D eigenvalue weighted by Crippen LogP contribution is 2.43. The van der Waals surface area contributed by atoms with Crippen molar-refractivity contribution in [3.05, 3.63) is 150 Å². The molecule has 2 aliphatic heterocycles. The Morgan fingerprint density at radius 2 is 1.20 bits per heavy atom. The summed E-state index contributed by atoms with van der Waals surface area (Å²) in [5.74, 6) is -0.944. The number of aromatic nitrogens is 2. The average Bonchev–Trinajstić information content (AvgIpc) is 4.02. The molecular weight excluding hydrogens is 783 g/mol. The summed E-state index contributed by atoms with van der Waals surface area (Å²) in [6, 6.07) is 37.4. The van der Waals surface area contributed by atoms with Gasteiger partial charge in [0.25, 0.3) is 0 Å². The number of nitrogens with one attached hydrogen (secondary N) is 1. The van der Waals surface area contributed by atoms with Crippen molar-refractivity contribution in [1.82, 2.24) is 9.55 Å². The Morgan fingerprint density at radius 1 is 0.672 bits per heavy atom. The number of carbonyl (C=O) groups is 2. The maximum Gasteiger partial charge on any atom is 0.303 e. The number of allylic oxidation sites excluding steroid dienone is 2. The molecule has 4 N–H and O–H groups in total. The summed E-state index contributed by atoms with van der Waals surface area (Å²) in [7, 11) is 0. The summed E-state index contributed by atoms with van der Waals surface area (Å²) in [6.45, 7) is 4.15. The van der Waals surface area contributed by atoms with Gasteiger partial charge in [-0.05, 0) is 102 Å². The molecule has 2 unspecified atom stereocenters. The Kier molecular flexibility index (Phi) is 11.3. The van der Waals surface area contributed by atoms with E-state index in [0.717, 1.165) is 55.7 Å². The number of para-hydroxylation sites is 1. The van der Waals surface area contributed by atoms with E-state index in [1.807, 2.05) is 77.4 Å². The Hall–Kier alpha value is -6.98. The molecule has 3 heterocycles. The van der Waals surface area contributed by atoms with Crippen LogP contribution in [0.15, 0.2) is 149 Å². The molecule has 61 heavy (non-hydrogen) atoms. The summed E-state index contributed by atoms with van der Waals surface area (Å²) in [4.78, 5) is 37.9. The lowest BCUT2D eigenvalue weighted by atomic mass is 9.86. The second-order valence-corrected chi connectivity index (χ2v) is 15.8. The number of phenols is 1. The first-order valence-electron chi connectivity index (χ1n) is 20.4. The molecule has 10 nitrogen and oxygen atoms in total. The number of phenolic OH excluding ortho intramolecular Hbond substituents is 1. The highest BCUT2D eigenvalue weighted by molar-refractivity contribution is 7.80. The number of nitrogens with zero attached hydrogens (tertiary/aromatic N) is 4. The van der Waals surface area contributed by atoms with Gasteiger partial charge in [0.15, 0.2) is 5.11 Å². The van der Waals surface area contributed by atoms with E-state index < -0.39 is 23.0 Å². The van der Waals surface area contributed by atoms with Crippen molar-refractivity contribution >= 4 is 58.2 Å². The summed E-state index contributed by atoms with van der Waals surface area (Å²) < 4.78 is 1.97. The number of hydrogen-bond acceptors (Lipinski definition) is 7. The number of imidazole rings is 1. The Morgan fingerprint density at radius 3 is 1.74 bits per heavy atom. The lowest BCUT2D eigenvalue weighted by Crippen LogP contribution is -2.21. The molecule has 0 amide bonds. The van der Waals surface area contributed by atoms with Gasteiger partial charge < -0.3 is 20.6 Å². The zero-order valence-corrected chi connectivity index (χ0v) is 34.7. The predicted octanol–water partition coefficient (Wildman–Crippen LogP) is 10.9. The summed E-state index contributed by atoms with van der Waals surface area (Å²) >= 11 is 6.30. The van der Waals surface area contributed by atoms with Crippen molar-refractivity contribution in [3.8, 4) is 39.7 Å². The van der Waals surface area contributed by atoms with Gasteiger partial charge in [-0.2, -0.15) is 0 Å². The molecule has 6 aromatic rings. The number of carboxylic acids is 2. The molecule has 0 saturated heterocycles. The second-order valence-electron chi connectivity index (χ2n) is 15.4. The fourth-order valence-electron chi connectivity index (χ4n) is 8.32. The van der Waals surface area contributed by atoms with Crippen LogP contribution in [0.1, 0.15) is 63.5 Å². The fourth-order valence-corrected chi connectivity index (χ4v) is 8.62. The monoisotopic (exact) mass is 827 g/mol. The van der Waals surface area contributed by atoms with Gasteiger partial charge in [-0.1, -0.05) is 105 Å². The van der Waals surface area contributed by atoms with E-state index in [4.69, 9.17) is 27.2 Å². The smallest absolute Gasteiger partial charge is 0.303 e. The van der Waals surface area contributed by atoms with E-state index in [2.05, 4.69) is 67.7 Å². The number of aromatic hydroxyl groups is 1. The highest BCUT2D eigenvalue weighted by Gasteiger charge is 2.33. The molecule has 0 aliphatic carbocycles. The zero-order valence-electron chi connectivity index (χ0n) is 33.9.